The number of nitrogens with zero attached hydrogens (tertiary/aromatic N) is 2. The molecule has 0 aromatic heterocycles. The van der Waals surface area contributed by atoms with Crippen molar-refractivity contribution in [3.05, 3.63) is 0 Å². The summed E-state index contributed by atoms with van der Waals surface area (Å²) < 4.78 is 11.8. The molecule has 0 aromatic carbocycles. The van der Waals surface area contributed by atoms with Gasteiger partial charge in [0.15, 0.2) is 0 Å². The smallest absolute Gasteiger partial charge is 0.308 e. The minimum absolute atomic E-state index is 0.0177. The molecule has 0 fully saturated rings. The summed E-state index contributed by atoms with van der Waals surface area (Å²) in [6.07, 6.45) is 27.6. The SMILES string of the molecule is CCCCCCCCC(CCCCCC)C(=O)OCCN(CCOC(=O)C(CCCCCC)CCCCCCCC)C(=O)C(C)CCN(C)CCO. The van der Waals surface area contributed by atoms with E-state index >= 15 is 0 Å². The summed E-state index contributed by atoms with van der Waals surface area (Å²) in [6, 6.07) is 0. The highest BCUT2D eigenvalue weighted by Gasteiger charge is 2.25. The van der Waals surface area contributed by atoms with Gasteiger partial charge in [-0.3, -0.25) is 14.4 Å². The Morgan fingerprint density at radius 2 is 0.846 bits per heavy atom. The highest BCUT2D eigenvalue weighted by Crippen LogP contribution is 2.22. The molecule has 3 atom stereocenters. The lowest BCUT2D eigenvalue weighted by Crippen LogP contribution is -2.41. The molecule has 1 N–H and O–H groups in total. The molecule has 0 aliphatic carbocycles. The van der Waals surface area contributed by atoms with Crippen LogP contribution in [-0.2, 0) is 23.9 Å². The normalized spacial score (nSPS) is 13.2. The Bertz CT molecular complexity index is 790. The molecule has 8 nitrogen and oxygen atoms in total. The van der Waals surface area contributed by atoms with Gasteiger partial charge in [-0.05, 0) is 45.7 Å². The number of amides is 1. The molecular weight excluding hydrogens is 652 g/mol. The molecular formula is C44H86N2O6. The first-order chi connectivity index (χ1) is 25.2. The standard InChI is InChI=1S/C44H86N2O6/c1-7-11-15-19-21-25-29-40(27-23-17-13-9-3)43(49)51-37-34-46(42(48)39(5)31-32-45(6)33-36-47)35-38-52-44(50)41(28-24-18-14-10-4)30-26-22-20-16-12-8-2/h39-41,47H,7-38H2,1-6H3. The van der Waals surface area contributed by atoms with E-state index in [1.54, 1.807) is 4.90 Å². The topological polar surface area (TPSA) is 96.4 Å². The molecule has 0 aliphatic rings. The van der Waals surface area contributed by atoms with Crippen molar-refractivity contribution < 1.29 is 29.0 Å². The van der Waals surface area contributed by atoms with E-state index in [0.717, 1.165) is 77.0 Å². The van der Waals surface area contributed by atoms with Gasteiger partial charge in [0, 0.05) is 12.5 Å². The molecule has 0 rings (SSSR count). The number of likely N-dealkylation sites (N-methyl/N-ethyl adjacent to an activating group) is 1. The van der Waals surface area contributed by atoms with Crippen molar-refractivity contribution in [1.82, 2.24) is 9.80 Å². The maximum absolute atomic E-state index is 13.7. The molecule has 0 aromatic rings. The van der Waals surface area contributed by atoms with Crippen LogP contribution < -0.4 is 0 Å². The van der Waals surface area contributed by atoms with E-state index < -0.39 is 0 Å². The summed E-state index contributed by atoms with van der Waals surface area (Å²) >= 11 is 0. The molecule has 0 aliphatic heterocycles. The molecule has 0 bridgehead atoms. The number of carbonyl (C=O) groups is 3. The molecule has 0 saturated heterocycles. The molecule has 0 radical (unpaired) electrons. The quantitative estimate of drug-likeness (QED) is 0.0497. The summed E-state index contributed by atoms with van der Waals surface area (Å²) in [5.74, 6) is -0.710. The van der Waals surface area contributed by atoms with E-state index in [-0.39, 0.29) is 68.5 Å². The van der Waals surface area contributed by atoms with Crippen LogP contribution in [0.5, 0.6) is 0 Å². The zero-order valence-corrected chi connectivity index (χ0v) is 35.2. The fourth-order valence-corrected chi connectivity index (χ4v) is 6.95. The Morgan fingerprint density at radius 3 is 1.21 bits per heavy atom. The highest BCUT2D eigenvalue weighted by atomic mass is 16.5. The summed E-state index contributed by atoms with van der Waals surface area (Å²) in [5, 5.41) is 9.29. The van der Waals surface area contributed by atoms with Crippen molar-refractivity contribution >= 4 is 17.8 Å². The molecule has 0 heterocycles. The summed E-state index contributed by atoms with van der Waals surface area (Å²) in [4.78, 5) is 44.1. The van der Waals surface area contributed by atoms with Gasteiger partial charge in [-0.1, -0.05) is 163 Å². The van der Waals surface area contributed by atoms with Crippen LogP contribution in [0.25, 0.3) is 0 Å². The van der Waals surface area contributed by atoms with Crippen molar-refractivity contribution in [3.8, 4) is 0 Å². The van der Waals surface area contributed by atoms with Gasteiger partial charge in [0.05, 0.1) is 31.5 Å². The second-order valence-corrected chi connectivity index (χ2v) is 15.6. The third-order valence-electron chi connectivity index (χ3n) is 10.7. The van der Waals surface area contributed by atoms with E-state index in [9.17, 15) is 19.5 Å². The molecule has 3 unspecified atom stereocenters. The Hall–Kier alpha value is -1.67. The van der Waals surface area contributed by atoms with E-state index in [1.165, 1.54) is 77.0 Å². The van der Waals surface area contributed by atoms with Crippen LogP contribution in [0.15, 0.2) is 0 Å². The van der Waals surface area contributed by atoms with Crippen LogP contribution in [-0.4, -0.2) is 85.8 Å². The minimum Gasteiger partial charge on any atom is -0.464 e. The molecule has 52 heavy (non-hydrogen) atoms. The van der Waals surface area contributed by atoms with Crippen molar-refractivity contribution in [3.63, 3.8) is 0 Å². The van der Waals surface area contributed by atoms with Crippen LogP contribution in [0.2, 0.25) is 0 Å². The fraction of sp³-hybridized carbons (Fsp3) is 0.932. The molecule has 1 amide bonds. The lowest BCUT2D eigenvalue weighted by atomic mass is 9.94. The average molecular weight is 739 g/mol. The summed E-state index contributed by atoms with van der Waals surface area (Å²) in [5.41, 5.74) is 0. The first-order valence-corrected chi connectivity index (χ1v) is 22.2. The predicted octanol–water partition coefficient (Wildman–Crippen LogP) is 10.5. The Morgan fingerprint density at radius 1 is 0.500 bits per heavy atom. The lowest BCUT2D eigenvalue weighted by Gasteiger charge is -2.27. The van der Waals surface area contributed by atoms with Gasteiger partial charge in [-0.2, -0.15) is 0 Å². The number of aliphatic hydroxyl groups excluding tert-OH is 1. The zero-order valence-electron chi connectivity index (χ0n) is 35.2. The van der Waals surface area contributed by atoms with E-state index in [1.807, 2.05) is 18.9 Å². The number of aliphatic hydroxyl groups is 1. The van der Waals surface area contributed by atoms with Gasteiger partial charge in [0.1, 0.15) is 13.2 Å². The molecule has 0 spiro atoms. The van der Waals surface area contributed by atoms with Crippen LogP contribution >= 0.6 is 0 Å². The van der Waals surface area contributed by atoms with Crippen molar-refractivity contribution in [2.75, 3.05) is 53.0 Å². The van der Waals surface area contributed by atoms with Gasteiger partial charge >= 0.3 is 11.9 Å². The molecule has 8 heteroatoms. The largest absolute Gasteiger partial charge is 0.464 e. The van der Waals surface area contributed by atoms with Gasteiger partial charge in [-0.25, -0.2) is 0 Å². The number of hydrogen-bond acceptors (Lipinski definition) is 7. The maximum atomic E-state index is 13.7. The number of rotatable bonds is 38. The Kier molecular flexibility index (Phi) is 35.1. The molecule has 0 saturated carbocycles. The number of ether oxygens (including phenoxy) is 2. The fourth-order valence-electron chi connectivity index (χ4n) is 6.95. The number of esters is 2. The molecule has 308 valence electrons. The van der Waals surface area contributed by atoms with Gasteiger partial charge in [0.25, 0.3) is 0 Å². The van der Waals surface area contributed by atoms with Gasteiger partial charge in [0.2, 0.25) is 5.91 Å². The summed E-state index contributed by atoms with van der Waals surface area (Å²) in [6.45, 7) is 13.0. The number of carbonyl (C=O) groups excluding carboxylic acids is 3. The van der Waals surface area contributed by atoms with Crippen LogP contribution in [0.3, 0.4) is 0 Å². The first-order valence-electron chi connectivity index (χ1n) is 22.2. The highest BCUT2D eigenvalue weighted by molar-refractivity contribution is 5.78. The monoisotopic (exact) mass is 739 g/mol. The average Bonchev–Trinajstić information content (AvgIpc) is 3.14. The third-order valence-corrected chi connectivity index (χ3v) is 10.7. The van der Waals surface area contributed by atoms with Gasteiger partial charge < -0.3 is 24.4 Å². The van der Waals surface area contributed by atoms with E-state index in [0.29, 0.717) is 19.5 Å². The van der Waals surface area contributed by atoms with Crippen molar-refractivity contribution in [1.29, 1.82) is 0 Å². The second-order valence-electron chi connectivity index (χ2n) is 15.6. The Labute approximate surface area is 321 Å². The summed E-state index contributed by atoms with van der Waals surface area (Å²) in [7, 11) is 1.94. The van der Waals surface area contributed by atoms with E-state index in [2.05, 4.69) is 27.7 Å². The van der Waals surface area contributed by atoms with Crippen molar-refractivity contribution in [2.24, 2.45) is 17.8 Å². The maximum Gasteiger partial charge on any atom is 0.308 e. The predicted molar refractivity (Wildman–Crippen MR) is 217 cm³/mol. The Balaban J connectivity index is 5.40. The van der Waals surface area contributed by atoms with Crippen LogP contribution in [0.1, 0.15) is 195 Å². The minimum atomic E-state index is -0.245. The lowest BCUT2D eigenvalue weighted by molar-refractivity contribution is -0.153. The first kappa shape index (κ1) is 50.3. The van der Waals surface area contributed by atoms with Crippen LogP contribution in [0, 0.1) is 17.8 Å². The number of unbranched alkanes of at least 4 members (excludes halogenated alkanes) is 16. The van der Waals surface area contributed by atoms with E-state index in [4.69, 9.17) is 9.47 Å². The zero-order chi connectivity index (χ0) is 38.7. The van der Waals surface area contributed by atoms with Crippen LogP contribution in [0.4, 0.5) is 0 Å². The number of hydrogen-bond donors (Lipinski definition) is 1. The second kappa shape index (κ2) is 36.3. The van der Waals surface area contributed by atoms with Crippen molar-refractivity contribution in [2.45, 2.75) is 195 Å². The third kappa shape index (κ3) is 27.9. The van der Waals surface area contributed by atoms with Gasteiger partial charge in [-0.15, -0.1) is 0 Å².